The van der Waals surface area contributed by atoms with Crippen LogP contribution < -0.4 is 0 Å². The van der Waals surface area contributed by atoms with Gasteiger partial charge in [0.2, 0.25) is 0 Å². The molecule has 0 heterocycles. The fourth-order valence-electron chi connectivity index (χ4n) is 0.860. The van der Waals surface area contributed by atoms with E-state index < -0.39 is 0 Å². The molecule has 1 nitrogen and oxygen atoms in total. The summed E-state index contributed by atoms with van der Waals surface area (Å²) in [6.07, 6.45) is 0.367. The highest BCUT2D eigenvalue weighted by Gasteiger charge is 2.04. The van der Waals surface area contributed by atoms with Crippen molar-refractivity contribution in [1.82, 2.24) is 0 Å². The monoisotopic (exact) mass is 165 g/mol. The molecule has 0 amide bonds. The summed E-state index contributed by atoms with van der Waals surface area (Å²) in [5, 5.41) is 8.20. The smallest absolute Gasteiger partial charge is 0.0715 e. The summed E-state index contributed by atoms with van der Waals surface area (Å²) in [5.74, 6) is 0. The first-order chi connectivity index (χ1) is 5.34. The maximum atomic E-state index is 8.36. The molecule has 0 aliphatic rings. The molecule has 0 aromatic heterocycles. The van der Waals surface area contributed by atoms with Crippen LogP contribution in [0.2, 0.25) is 0 Å². The van der Waals surface area contributed by atoms with Gasteiger partial charge in [0.15, 0.2) is 0 Å². The number of nitriles is 1. The molecule has 0 aliphatic carbocycles. The number of halogens is 1. The van der Waals surface area contributed by atoms with E-state index in [4.69, 9.17) is 16.9 Å². The zero-order chi connectivity index (χ0) is 8.10. The lowest BCUT2D eigenvalue weighted by Gasteiger charge is -2.02. The molecule has 0 aliphatic heterocycles. The Morgan fingerprint density at radius 3 is 2.55 bits per heavy atom. The summed E-state index contributed by atoms with van der Waals surface area (Å²) in [7, 11) is 0. The molecule has 0 bridgehead atoms. The quantitative estimate of drug-likeness (QED) is 0.619. The normalized spacial score (nSPS) is 12.0. The summed E-state index contributed by atoms with van der Waals surface area (Å²) in [6, 6.07) is 11.7. The van der Waals surface area contributed by atoms with Crippen LogP contribution in [0.15, 0.2) is 30.3 Å². The van der Waals surface area contributed by atoms with Crippen molar-refractivity contribution in [2.75, 3.05) is 0 Å². The van der Waals surface area contributed by atoms with Gasteiger partial charge in [-0.3, -0.25) is 0 Å². The van der Waals surface area contributed by atoms with E-state index in [-0.39, 0.29) is 5.38 Å². The molecule has 0 radical (unpaired) electrons. The predicted octanol–water partition coefficient (Wildman–Crippen LogP) is 2.88. The van der Waals surface area contributed by atoms with Gasteiger partial charge in [0.25, 0.3) is 0 Å². The van der Waals surface area contributed by atoms with Gasteiger partial charge in [0.1, 0.15) is 0 Å². The van der Waals surface area contributed by atoms with E-state index in [2.05, 4.69) is 0 Å². The van der Waals surface area contributed by atoms with Crippen LogP contribution in [0.3, 0.4) is 0 Å². The van der Waals surface area contributed by atoms with Crippen molar-refractivity contribution in [2.24, 2.45) is 0 Å². The maximum absolute atomic E-state index is 8.36. The Hall–Kier alpha value is -1.00. The average Bonchev–Trinajstić information content (AvgIpc) is 2.07. The van der Waals surface area contributed by atoms with Crippen molar-refractivity contribution in [2.45, 2.75) is 11.8 Å². The van der Waals surface area contributed by atoms with E-state index in [0.717, 1.165) is 5.56 Å². The van der Waals surface area contributed by atoms with Crippen molar-refractivity contribution in [1.29, 1.82) is 5.26 Å². The second-order valence-corrected chi connectivity index (χ2v) is 2.77. The summed E-state index contributed by atoms with van der Waals surface area (Å²) in [4.78, 5) is 0. The van der Waals surface area contributed by atoms with Gasteiger partial charge in [-0.15, -0.1) is 11.6 Å². The lowest BCUT2D eigenvalue weighted by atomic mass is 10.1. The maximum Gasteiger partial charge on any atom is 0.0715 e. The SMILES string of the molecule is N#CCC(Cl)c1ccccc1. The fraction of sp³-hybridized carbons (Fsp3) is 0.222. The minimum atomic E-state index is -0.166. The number of hydrogen-bond acceptors (Lipinski definition) is 1. The Morgan fingerprint density at radius 2 is 2.00 bits per heavy atom. The molecule has 1 unspecified atom stereocenters. The highest BCUT2D eigenvalue weighted by atomic mass is 35.5. The first-order valence-corrected chi connectivity index (χ1v) is 3.84. The highest BCUT2D eigenvalue weighted by molar-refractivity contribution is 6.20. The topological polar surface area (TPSA) is 23.8 Å². The minimum absolute atomic E-state index is 0.166. The van der Waals surface area contributed by atoms with Gasteiger partial charge in [-0.25, -0.2) is 0 Å². The molecule has 2 heteroatoms. The minimum Gasteiger partial charge on any atom is -0.198 e. The lowest BCUT2D eigenvalue weighted by molar-refractivity contribution is 0.966. The van der Waals surface area contributed by atoms with Gasteiger partial charge < -0.3 is 0 Å². The van der Waals surface area contributed by atoms with Crippen LogP contribution in [-0.4, -0.2) is 0 Å². The molecule has 0 fully saturated rings. The zero-order valence-electron chi connectivity index (χ0n) is 6.00. The number of hydrogen-bond donors (Lipinski definition) is 0. The van der Waals surface area contributed by atoms with Crippen LogP contribution in [0.5, 0.6) is 0 Å². The largest absolute Gasteiger partial charge is 0.198 e. The van der Waals surface area contributed by atoms with Gasteiger partial charge in [0, 0.05) is 0 Å². The number of benzene rings is 1. The molecular formula is C9H8ClN. The Balaban J connectivity index is 2.70. The van der Waals surface area contributed by atoms with E-state index >= 15 is 0 Å². The Bertz CT molecular complexity index is 250. The van der Waals surface area contributed by atoms with Crippen LogP contribution in [0.1, 0.15) is 17.4 Å². The summed E-state index contributed by atoms with van der Waals surface area (Å²) < 4.78 is 0. The van der Waals surface area contributed by atoms with Crippen molar-refractivity contribution >= 4 is 11.6 Å². The standard InChI is InChI=1S/C9H8ClN/c10-9(6-7-11)8-4-2-1-3-5-8/h1-5,9H,6H2. The molecular weight excluding hydrogens is 158 g/mol. The molecule has 11 heavy (non-hydrogen) atoms. The first kappa shape index (κ1) is 8.10. The Morgan fingerprint density at radius 1 is 1.36 bits per heavy atom. The summed E-state index contributed by atoms with van der Waals surface area (Å²) >= 11 is 5.88. The first-order valence-electron chi connectivity index (χ1n) is 3.40. The second-order valence-electron chi connectivity index (χ2n) is 2.24. The van der Waals surface area contributed by atoms with Crippen LogP contribution in [0.25, 0.3) is 0 Å². The molecule has 1 rings (SSSR count). The van der Waals surface area contributed by atoms with E-state index in [1.54, 1.807) is 0 Å². The molecule has 0 saturated carbocycles. The molecule has 56 valence electrons. The van der Waals surface area contributed by atoms with E-state index in [0.29, 0.717) is 6.42 Å². The number of nitrogens with zero attached hydrogens (tertiary/aromatic N) is 1. The van der Waals surface area contributed by atoms with Gasteiger partial charge in [0.05, 0.1) is 17.9 Å². The van der Waals surface area contributed by atoms with Crippen molar-refractivity contribution in [3.63, 3.8) is 0 Å². The van der Waals surface area contributed by atoms with E-state index in [1.165, 1.54) is 0 Å². The molecule has 0 spiro atoms. The van der Waals surface area contributed by atoms with Crippen LogP contribution >= 0.6 is 11.6 Å². The highest BCUT2D eigenvalue weighted by Crippen LogP contribution is 2.22. The number of alkyl halides is 1. The molecule has 0 N–H and O–H groups in total. The molecule has 1 aromatic rings. The van der Waals surface area contributed by atoms with Crippen LogP contribution in [-0.2, 0) is 0 Å². The van der Waals surface area contributed by atoms with E-state index in [9.17, 15) is 0 Å². The summed E-state index contributed by atoms with van der Waals surface area (Å²) in [6.45, 7) is 0. The van der Waals surface area contributed by atoms with Crippen LogP contribution in [0.4, 0.5) is 0 Å². The third-order valence-corrected chi connectivity index (χ3v) is 1.84. The zero-order valence-corrected chi connectivity index (χ0v) is 6.75. The van der Waals surface area contributed by atoms with Gasteiger partial charge in [-0.2, -0.15) is 5.26 Å². The third kappa shape index (κ3) is 2.25. The van der Waals surface area contributed by atoms with E-state index in [1.807, 2.05) is 36.4 Å². The summed E-state index contributed by atoms with van der Waals surface area (Å²) in [5.41, 5.74) is 1.01. The lowest BCUT2D eigenvalue weighted by Crippen LogP contribution is -1.86. The molecule has 0 saturated heterocycles. The van der Waals surface area contributed by atoms with Crippen molar-refractivity contribution in [3.8, 4) is 6.07 Å². The second kappa shape index (κ2) is 4.00. The average molecular weight is 166 g/mol. The van der Waals surface area contributed by atoms with Gasteiger partial charge in [-0.1, -0.05) is 30.3 Å². The van der Waals surface area contributed by atoms with Crippen molar-refractivity contribution in [3.05, 3.63) is 35.9 Å². The number of rotatable bonds is 2. The van der Waals surface area contributed by atoms with Crippen LogP contribution in [0, 0.1) is 11.3 Å². The van der Waals surface area contributed by atoms with Gasteiger partial charge in [-0.05, 0) is 5.56 Å². The third-order valence-electron chi connectivity index (χ3n) is 1.43. The Kier molecular flexibility index (Phi) is 2.95. The predicted molar refractivity (Wildman–Crippen MR) is 45.3 cm³/mol. The van der Waals surface area contributed by atoms with Gasteiger partial charge >= 0.3 is 0 Å². The molecule has 1 aromatic carbocycles. The molecule has 1 atom stereocenters. The fourth-order valence-corrected chi connectivity index (χ4v) is 1.07. The Labute approximate surface area is 71.2 Å². The van der Waals surface area contributed by atoms with Crippen molar-refractivity contribution < 1.29 is 0 Å².